The number of Topliss-reactive ketones (excluding diaryl/α,β-unsaturated/α-hetero) is 1. The van der Waals surface area contributed by atoms with E-state index in [4.69, 9.17) is 9.47 Å². The van der Waals surface area contributed by atoms with Gasteiger partial charge in [0.2, 0.25) is 11.8 Å². The van der Waals surface area contributed by atoms with Crippen molar-refractivity contribution < 1.29 is 23.9 Å². The number of amides is 2. The average molecular weight is 330 g/mol. The molecule has 134 valence electrons. The van der Waals surface area contributed by atoms with E-state index in [0.717, 1.165) is 19.3 Å². The Morgan fingerprint density at radius 3 is 2.26 bits per heavy atom. The number of nitrogens with one attached hydrogen (secondary N) is 2. The predicted molar refractivity (Wildman–Crippen MR) is 87.0 cm³/mol. The van der Waals surface area contributed by atoms with Gasteiger partial charge in [0.1, 0.15) is 12.4 Å². The van der Waals surface area contributed by atoms with Crippen LogP contribution in [0.25, 0.3) is 0 Å². The van der Waals surface area contributed by atoms with E-state index < -0.39 is 0 Å². The summed E-state index contributed by atoms with van der Waals surface area (Å²) in [5.74, 6) is 0.0709. The maximum Gasteiger partial charge on any atom is 0.245 e. The topological polar surface area (TPSA) is 93.7 Å². The molecule has 2 amide bonds. The Morgan fingerprint density at radius 1 is 0.913 bits per heavy atom. The fourth-order valence-corrected chi connectivity index (χ4v) is 1.74. The van der Waals surface area contributed by atoms with Crippen LogP contribution >= 0.6 is 0 Å². The summed E-state index contributed by atoms with van der Waals surface area (Å²) in [5.41, 5.74) is 0. The first-order valence-electron chi connectivity index (χ1n) is 8.10. The van der Waals surface area contributed by atoms with E-state index in [-0.39, 0.29) is 30.1 Å². The molecule has 2 N–H and O–H groups in total. The zero-order valence-electron chi connectivity index (χ0n) is 14.5. The minimum Gasteiger partial charge on any atom is -0.377 e. The molecular weight excluding hydrogens is 300 g/mol. The van der Waals surface area contributed by atoms with Crippen molar-refractivity contribution in [3.63, 3.8) is 0 Å². The van der Waals surface area contributed by atoms with E-state index in [1.54, 1.807) is 6.92 Å². The number of unbranched alkanes of at least 4 members (excludes halogenated alkanes) is 1. The normalized spacial score (nSPS) is 11.8. The molecule has 0 aromatic rings. The standard InChI is InChI=1S/C16H30N2O5/c1-13(14(2)19)6-4-5-7-18-16(21)12-23-11-10-22-9-8-17-15(3)20/h13H,4-12H2,1-3H3,(H,17,20)(H,18,21)/t13-/m0/s1. The summed E-state index contributed by atoms with van der Waals surface area (Å²) in [4.78, 5) is 33.1. The third-order valence-corrected chi connectivity index (χ3v) is 3.31. The molecule has 0 fully saturated rings. The van der Waals surface area contributed by atoms with Crippen molar-refractivity contribution in [3.05, 3.63) is 0 Å². The van der Waals surface area contributed by atoms with Gasteiger partial charge in [0.25, 0.3) is 0 Å². The van der Waals surface area contributed by atoms with Crippen molar-refractivity contribution >= 4 is 17.6 Å². The van der Waals surface area contributed by atoms with Crippen LogP contribution in [0.1, 0.15) is 40.0 Å². The SMILES string of the molecule is CC(=O)NCCOCCOCC(=O)NCCCC[C@H](C)C(C)=O. The zero-order chi connectivity index (χ0) is 17.5. The lowest BCUT2D eigenvalue weighted by Gasteiger charge is -2.09. The third kappa shape index (κ3) is 15.2. The van der Waals surface area contributed by atoms with Gasteiger partial charge in [-0.2, -0.15) is 0 Å². The average Bonchev–Trinajstić information content (AvgIpc) is 2.48. The highest BCUT2D eigenvalue weighted by Crippen LogP contribution is 2.07. The highest BCUT2D eigenvalue weighted by atomic mass is 16.5. The molecule has 0 aromatic carbocycles. The molecule has 0 heterocycles. The van der Waals surface area contributed by atoms with Gasteiger partial charge in [-0.15, -0.1) is 0 Å². The number of hydrogen-bond donors (Lipinski definition) is 2. The molecule has 7 nitrogen and oxygen atoms in total. The maximum atomic E-state index is 11.5. The van der Waals surface area contributed by atoms with Crippen molar-refractivity contribution in [2.24, 2.45) is 5.92 Å². The van der Waals surface area contributed by atoms with Gasteiger partial charge in [-0.3, -0.25) is 14.4 Å². The third-order valence-electron chi connectivity index (χ3n) is 3.31. The summed E-state index contributed by atoms with van der Waals surface area (Å²) >= 11 is 0. The van der Waals surface area contributed by atoms with Crippen LogP contribution in [0.4, 0.5) is 0 Å². The van der Waals surface area contributed by atoms with E-state index in [0.29, 0.717) is 32.9 Å². The summed E-state index contributed by atoms with van der Waals surface area (Å²) in [6, 6.07) is 0. The zero-order valence-corrected chi connectivity index (χ0v) is 14.5. The second-order valence-electron chi connectivity index (χ2n) is 5.51. The molecule has 0 aliphatic heterocycles. The molecule has 0 radical (unpaired) electrons. The van der Waals surface area contributed by atoms with E-state index in [1.165, 1.54) is 6.92 Å². The van der Waals surface area contributed by atoms with Crippen LogP contribution in [0, 0.1) is 5.92 Å². The van der Waals surface area contributed by atoms with Crippen molar-refractivity contribution in [2.75, 3.05) is 39.5 Å². The van der Waals surface area contributed by atoms with Gasteiger partial charge in [0.05, 0.1) is 19.8 Å². The molecule has 0 unspecified atom stereocenters. The molecule has 0 spiro atoms. The fourth-order valence-electron chi connectivity index (χ4n) is 1.74. The van der Waals surface area contributed by atoms with Gasteiger partial charge in [0, 0.05) is 25.9 Å². The summed E-state index contributed by atoms with van der Waals surface area (Å²) in [6.45, 7) is 7.20. The van der Waals surface area contributed by atoms with Crippen molar-refractivity contribution in [2.45, 2.75) is 40.0 Å². The molecule has 0 saturated heterocycles. The summed E-state index contributed by atoms with van der Waals surface area (Å²) in [6.07, 6.45) is 2.64. The molecular formula is C16H30N2O5. The van der Waals surface area contributed by atoms with Gasteiger partial charge in [-0.05, 0) is 19.8 Å². The van der Waals surface area contributed by atoms with E-state index >= 15 is 0 Å². The van der Waals surface area contributed by atoms with Gasteiger partial charge >= 0.3 is 0 Å². The number of carbonyl (C=O) groups excluding carboxylic acids is 3. The van der Waals surface area contributed by atoms with Crippen LogP contribution < -0.4 is 10.6 Å². The predicted octanol–water partition coefficient (Wildman–Crippen LogP) is 0.667. The summed E-state index contributed by atoms with van der Waals surface area (Å²) in [7, 11) is 0. The van der Waals surface area contributed by atoms with Crippen LogP contribution in [0.3, 0.4) is 0 Å². The molecule has 0 aromatic heterocycles. The van der Waals surface area contributed by atoms with Crippen molar-refractivity contribution in [3.8, 4) is 0 Å². The Kier molecular flexibility index (Phi) is 13.2. The number of hydrogen-bond acceptors (Lipinski definition) is 5. The molecule has 23 heavy (non-hydrogen) atoms. The first-order chi connectivity index (χ1) is 10.9. The van der Waals surface area contributed by atoms with Gasteiger partial charge in [-0.1, -0.05) is 13.3 Å². The summed E-state index contributed by atoms with van der Waals surface area (Å²) < 4.78 is 10.4. The Morgan fingerprint density at radius 2 is 1.61 bits per heavy atom. The number of carbonyl (C=O) groups is 3. The molecule has 0 saturated carbocycles. The smallest absolute Gasteiger partial charge is 0.245 e. The molecule has 1 atom stereocenters. The molecule has 7 heteroatoms. The lowest BCUT2D eigenvalue weighted by molar-refractivity contribution is -0.126. The van der Waals surface area contributed by atoms with Crippen LogP contribution in [-0.4, -0.2) is 57.1 Å². The van der Waals surface area contributed by atoms with Crippen LogP contribution in [0.5, 0.6) is 0 Å². The first kappa shape index (κ1) is 21.5. The first-order valence-corrected chi connectivity index (χ1v) is 8.10. The lowest BCUT2D eigenvalue weighted by atomic mass is 10.0. The minimum absolute atomic E-state index is 0.0128. The van der Waals surface area contributed by atoms with Gasteiger partial charge < -0.3 is 20.1 Å². The molecule has 0 bridgehead atoms. The lowest BCUT2D eigenvalue weighted by Crippen LogP contribution is -2.29. The van der Waals surface area contributed by atoms with E-state index in [1.807, 2.05) is 6.92 Å². The summed E-state index contributed by atoms with van der Waals surface area (Å²) in [5, 5.41) is 5.39. The molecule has 0 aliphatic rings. The van der Waals surface area contributed by atoms with Gasteiger partial charge in [-0.25, -0.2) is 0 Å². The Bertz CT molecular complexity index is 360. The molecule has 0 aliphatic carbocycles. The quantitative estimate of drug-likeness (QED) is 0.457. The second kappa shape index (κ2) is 14.1. The van der Waals surface area contributed by atoms with E-state index in [9.17, 15) is 14.4 Å². The van der Waals surface area contributed by atoms with Crippen LogP contribution in [0.15, 0.2) is 0 Å². The maximum absolute atomic E-state index is 11.5. The number of ketones is 1. The van der Waals surface area contributed by atoms with Crippen LogP contribution in [0.2, 0.25) is 0 Å². The van der Waals surface area contributed by atoms with Crippen LogP contribution in [-0.2, 0) is 23.9 Å². The highest BCUT2D eigenvalue weighted by molar-refractivity contribution is 5.78. The Balaban J connectivity index is 3.31. The largest absolute Gasteiger partial charge is 0.377 e. The van der Waals surface area contributed by atoms with E-state index in [2.05, 4.69) is 10.6 Å². The monoisotopic (exact) mass is 330 g/mol. The minimum atomic E-state index is -0.150. The number of rotatable bonds is 14. The molecule has 0 rings (SSSR count). The fraction of sp³-hybridized carbons (Fsp3) is 0.812. The van der Waals surface area contributed by atoms with Crippen molar-refractivity contribution in [1.29, 1.82) is 0 Å². The second-order valence-corrected chi connectivity index (χ2v) is 5.51. The number of ether oxygens (including phenoxy) is 2. The Labute approximate surface area is 138 Å². The Hall–Kier alpha value is -1.47. The van der Waals surface area contributed by atoms with Crippen molar-refractivity contribution in [1.82, 2.24) is 10.6 Å². The van der Waals surface area contributed by atoms with Gasteiger partial charge in [0.15, 0.2) is 0 Å². The highest BCUT2D eigenvalue weighted by Gasteiger charge is 2.06.